The van der Waals surface area contributed by atoms with E-state index in [1.165, 1.54) is 0 Å². The fourth-order valence-corrected chi connectivity index (χ4v) is 0.342. The molecule has 0 saturated heterocycles. The van der Waals surface area contributed by atoms with E-state index in [1.54, 1.807) is 0 Å². The third kappa shape index (κ3) is 11.1. The first-order valence-electron chi connectivity index (χ1n) is 1.91. The van der Waals surface area contributed by atoms with Gasteiger partial charge in [-0.2, -0.15) is 46.3 Å². The van der Waals surface area contributed by atoms with Crippen molar-refractivity contribution >= 4 is 9.90 Å². The molecule has 0 radical (unpaired) electrons. The van der Waals surface area contributed by atoms with Crippen molar-refractivity contribution in [3.05, 3.63) is 51.3 Å². The van der Waals surface area contributed by atoms with E-state index in [0.29, 0.717) is 0 Å². The van der Waals surface area contributed by atoms with Gasteiger partial charge in [-0.15, -0.1) is 0 Å². The molecule has 1 aromatic rings. The SMILES string of the molecule is P.[CH3-].[CH3-].[Rh+3].[c-]1ccccc1. The molecule has 0 bridgehead atoms. The van der Waals surface area contributed by atoms with Crippen LogP contribution >= 0.6 is 9.90 Å². The Bertz CT molecular complexity index is 81.2. The average Bonchev–Trinajstić information content (AvgIpc) is 1.72. The van der Waals surface area contributed by atoms with E-state index in [4.69, 9.17) is 0 Å². The first-order valence-corrected chi connectivity index (χ1v) is 1.91. The summed E-state index contributed by atoms with van der Waals surface area (Å²) in [5.41, 5.74) is 0. The van der Waals surface area contributed by atoms with Crippen molar-refractivity contribution in [1.29, 1.82) is 0 Å². The molecular formula is C8H14PRh. The molecule has 0 nitrogen and oxygen atoms in total. The van der Waals surface area contributed by atoms with E-state index in [-0.39, 0.29) is 44.2 Å². The van der Waals surface area contributed by atoms with Gasteiger partial charge in [-0.3, -0.25) is 0 Å². The molecule has 2 heteroatoms. The van der Waals surface area contributed by atoms with Crippen LogP contribution in [0.3, 0.4) is 0 Å². The van der Waals surface area contributed by atoms with Gasteiger partial charge in [0.2, 0.25) is 0 Å². The number of rotatable bonds is 0. The normalized spacial score (nSPS) is 4.80. The minimum atomic E-state index is 0. The molecule has 0 fully saturated rings. The molecule has 60 valence electrons. The van der Waals surface area contributed by atoms with Crippen molar-refractivity contribution in [2.24, 2.45) is 0 Å². The Morgan fingerprint density at radius 1 is 0.800 bits per heavy atom. The van der Waals surface area contributed by atoms with Crippen LogP contribution in [0.2, 0.25) is 0 Å². The summed E-state index contributed by atoms with van der Waals surface area (Å²) in [6.07, 6.45) is 0. The quantitative estimate of drug-likeness (QED) is 0.373. The van der Waals surface area contributed by atoms with Gasteiger partial charge in [0.05, 0.1) is 0 Å². The predicted octanol–water partition coefficient (Wildman–Crippen LogP) is 2.44. The molecule has 0 amide bonds. The Hall–Kier alpha value is 0.273. The molecule has 0 heterocycles. The molecule has 10 heavy (non-hydrogen) atoms. The zero-order valence-electron chi connectivity index (χ0n) is 6.43. The number of benzene rings is 1. The van der Waals surface area contributed by atoms with Crippen LogP contribution in [0, 0.1) is 20.9 Å². The molecule has 0 saturated carbocycles. The van der Waals surface area contributed by atoms with Crippen LogP contribution < -0.4 is 0 Å². The van der Waals surface area contributed by atoms with Crippen LogP contribution in [0.1, 0.15) is 0 Å². The molecule has 1 rings (SSSR count). The van der Waals surface area contributed by atoms with Crippen molar-refractivity contribution in [2.75, 3.05) is 0 Å². The van der Waals surface area contributed by atoms with Crippen LogP contribution in [0.15, 0.2) is 30.3 Å². The third-order valence-corrected chi connectivity index (χ3v) is 0.607. The fraction of sp³-hybridized carbons (Fsp3) is 0. The van der Waals surface area contributed by atoms with Gasteiger partial charge < -0.3 is 14.9 Å². The van der Waals surface area contributed by atoms with Gasteiger partial charge in [0.1, 0.15) is 0 Å². The van der Waals surface area contributed by atoms with Crippen LogP contribution in [0.25, 0.3) is 0 Å². The van der Waals surface area contributed by atoms with E-state index < -0.39 is 0 Å². The molecule has 0 aliphatic rings. The smallest absolute Gasteiger partial charge is 0.358 e. The number of hydrogen-bond acceptors (Lipinski definition) is 0. The molecule has 0 aliphatic heterocycles. The topological polar surface area (TPSA) is 0 Å². The summed E-state index contributed by atoms with van der Waals surface area (Å²) < 4.78 is 0. The second-order valence-electron chi connectivity index (χ2n) is 1.08. The second kappa shape index (κ2) is 16.1. The van der Waals surface area contributed by atoms with Crippen molar-refractivity contribution in [3.8, 4) is 0 Å². The Kier molecular flexibility index (Phi) is 36.2. The van der Waals surface area contributed by atoms with E-state index in [1.807, 2.05) is 30.3 Å². The predicted molar refractivity (Wildman–Crippen MR) is 49.2 cm³/mol. The van der Waals surface area contributed by atoms with E-state index in [0.717, 1.165) is 0 Å². The summed E-state index contributed by atoms with van der Waals surface area (Å²) in [5, 5.41) is 0. The average molecular weight is 244 g/mol. The van der Waals surface area contributed by atoms with Crippen molar-refractivity contribution in [1.82, 2.24) is 0 Å². The van der Waals surface area contributed by atoms with Gasteiger partial charge in [-0.25, -0.2) is 0 Å². The maximum absolute atomic E-state index is 2.89. The van der Waals surface area contributed by atoms with E-state index in [2.05, 4.69) is 6.07 Å². The van der Waals surface area contributed by atoms with Crippen LogP contribution in [-0.4, -0.2) is 0 Å². The van der Waals surface area contributed by atoms with E-state index >= 15 is 0 Å². The molecule has 1 unspecified atom stereocenters. The van der Waals surface area contributed by atoms with Crippen LogP contribution in [-0.2, 0) is 19.5 Å². The first kappa shape index (κ1) is 22.4. The monoisotopic (exact) mass is 244 g/mol. The second-order valence-corrected chi connectivity index (χ2v) is 1.08. The van der Waals surface area contributed by atoms with Crippen molar-refractivity contribution < 1.29 is 19.5 Å². The molecule has 1 aromatic carbocycles. The zero-order chi connectivity index (χ0) is 4.24. The molecule has 0 aromatic heterocycles. The summed E-state index contributed by atoms with van der Waals surface area (Å²) in [6.45, 7) is 0. The maximum Gasteiger partial charge on any atom is 3.00 e. The zero-order valence-corrected chi connectivity index (χ0v) is 9.48. The molecule has 0 N–H and O–H groups in total. The largest absolute Gasteiger partial charge is 3.00 e. The van der Waals surface area contributed by atoms with E-state index in [9.17, 15) is 0 Å². The third-order valence-electron chi connectivity index (χ3n) is 0.607. The Morgan fingerprint density at radius 2 is 1.20 bits per heavy atom. The Morgan fingerprint density at radius 3 is 1.30 bits per heavy atom. The maximum atomic E-state index is 2.89. The first-order chi connectivity index (χ1) is 3.00. The molecule has 0 aliphatic carbocycles. The summed E-state index contributed by atoms with van der Waals surface area (Å²) in [4.78, 5) is 0. The summed E-state index contributed by atoms with van der Waals surface area (Å²) in [6, 6.07) is 12.5. The van der Waals surface area contributed by atoms with Gasteiger partial charge in [0.25, 0.3) is 0 Å². The minimum absolute atomic E-state index is 0. The summed E-state index contributed by atoms with van der Waals surface area (Å²) in [5.74, 6) is 0. The van der Waals surface area contributed by atoms with Gasteiger partial charge in [0, 0.05) is 0 Å². The van der Waals surface area contributed by atoms with Gasteiger partial charge in [-0.05, 0) is 0 Å². The van der Waals surface area contributed by atoms with Crippen LogP contribution in [0.4, 0.5) is 0 Å². The van der Waals surface area contributed by atoms with Gasteiger partial charge in [-0.1, -0.05) is 0 Å². The molecular weight excluding hydrogens is 230 g/mol. The van der Waals surface area contributed by atoms with Gasteiger partial charge >= 0.3 is 19.5 Å². The summed E-state index contributed by atoms with van der Waals surface area (Å²) >= 11 is 0. The van der Waals surface area contributed by atoms with Crippen molar-refractivity contribution in [3.63, 3.8) is 0 Å². The molecule has 1 atom stereocenters. The summed E-state index contributed by atoms with van der Waals surface area (Å²) in [7, 11) is 0. The number of hydrogen-bond donors (Lipinski definition) is 0. The standard InChI is InChI=1S/C6H5.2CH3.H3P.Rh/c1-2-4-6-5-3-1;;;;/h1-5H;3*1H3;/q3*-1;;+3. The van der Waals surface area contributed by atoms with Crippen molar-refractivity contribution in [2.45, 2.75) is 0 Å². The fourth-order valence-electron chi connectivity index (χ4n) is 0.342. The molecule has 0 spiro atoms. The Labute approximate surface area is 80.8 Å². The van der Waals surface area contributed by atoms with Gasteiger partial charge in [0.15, 0.2) is 0 Å². The Balaban J connectivity index is -0.0000000450. The van der Waals surface area contributed by atoms with Crippen LogP contribution in [0.5, 0.6) is 0 Å². The minimum Gasteiger partial charge on any atom is -0.358 e.